The zero-order chi connectivity index (χ0) is 30.8. The molecule has 5 nitrogen and oxygen atoms in total. The molecule has 1 unspecified atom stereocenters. The van der Waals surface area contributed by atoms with Gasteiger partial charge in [-0.3, -0.25) is 9.59 Å². The summed E-state index contributed by atoms with van der Waals surface area (Å²) in [5, 5.41) is 6.04. The summed E-state index contributed by atoms with van der Waals surface area (Å²) in [7, 11) is 0. The number of amides is 2. The highest BCUT2D eigenvalue weighted by Gasteiger charge is 2.17. The van der Waals surface area contributed by atoms with Crippen molar-refractivity contribution in [1.29, 1.82) is 0 Å². The molecule has 0 aliphatic carbocycles. The van der Waals surface area contributed by atoms with Gasteiger partial charge >= 0.3 is 0 Å². The van der Waals surface area contributed by atoms with Gasteiger partial charge in [-0.15, -0.1) is 0 Å². The van der Waals surface area contributed by atoms with Gasteiger partial charge in [0, 0.05) is 25.9 Å². The summed E-state index contributed by atoms with van der Waals surface area (Å²) in [6.45, 7) is 6.04. The molecule has 5 N–H and O–H groups in total. The first-order chi connectivity index (χ1) is 20.6. The van der Waals surface area contributed by atoms with Crippen molar-refractivity contribution in [3.05, 3.63) is 0 Å². The highest BCUT2D eigenvalue weighted by atomic mass is 16.2. The minimum atomic E-state index is -0.344. The van der Waals surface area contributed by atoms with E-state index in [-0.39, 0.29) is 17.9 Å². The van der Waals surface area contributed by atoms with Gasteiger partial charge < -0.3 is 16.4 Å². The molecule has 5 heteroatoms. The van der Waals surface area contributed by atoms with E-state index in [1.807, 2.05) is 0 Å². The molecule has 0 fully saturated rings. The van der Waals surface area contributed by atoms with Gasteiger partial charge in [0.25, 0.3) is 5.91 Å². The lowest BCUT2D eigenvalue weighted by atomic mass is 10.0. The molecule has 0 aliphatic heterocycles. The number of unbranched alkanes of at least 4 members (excludes halogenated alkanes) is 26. The van der Waals surface area contributed by atoms with E-state index in [9.17, 15) is 9.59 Å². The smallest absolute Gasteiger partial charge is 0.278 e. The molecule has 0 saturated heterocycles. The van der Waals surface area contributed by atoms with Crippen molar-refractivity contribution in [2.75, 3.05) is 13.1 Å². The van der Waals surface area contributed by atoms with Crippen LogP contribution in [0, 0.1) is 0 Å². The first-order valence-electron chi connectivity index (χ1n) is 19.0. The molecule has 0 aliphatic rings. The van der Waals surface area contributed by atoms with Crippen LogP contribution < -0.4 is 16.4 Å². The minimum absolute atomic E-state index is 0.00975. The van der Waals surface area contributed by atoms with Crippen molar-refractivity contribution in [1.82, 2.24) is 10.6 Å². The Kier molecular flexibility index (Phi) is 33.5. The van der Waals surface area contributed by atoms with Crippen molar-refractivity contribution in [3.63, 3.8) is 0 Å². The number of quaternary nitrogens is 1. The molecule has 0 aromatic heterocycles. The van der Waals surface area contributed by atoms with Crippen molar-refractivity contribution in [2.45, 2.75) is 213 Å². The van der Waals surface area contributed by atoms with Crippen molar-refractivity contribution in [2.24, 2.45) is 0 Å². The molecule has 0 aromatic rings. The second-order valence-electron chi connectivity index (χ2n) is 13.1. The molecule has 42 heavy (non-hydrogen) atoms. The van der Waals surface area contributed by atoms with Crippen LogP contribution >= 0.6 is 0 Å². The maximum atomic E-state index is 12.3. The van der Waals surface area contributed by atoms with Gasteiger partial charge in [0.05, 0.1) is 0 Å². The Morgan fingerprint density at radius 3 is 1.07 bits per heavy atom. The molecule has 250 valence electrons. The topological polar surface area (TPSA) is 85.8 Å². The Morgan fingerprint density at radius 1 is 0.452 bits per heavy atom. The monoisotopic (exact) mass is 595 g/mol. The van der Waals surface area contributed by atoms with E-state index < -0.39 is 0 Å². The summed E-state index contributed by atoms with van der Waals surface area (Å²) in [6.07, 6.45) is 38.5. The van der Waals surface area contributed by atoms with Gasteiger partial charge in [0.15, 0.2) is 6.04 Å². The summed E-state index contributed by atoms with van der Waals surface area (Å²) in [4.78, 5) is 24.4. The van der Waals surface area contributed by atoms with Crippen LogP contribution in [0.2, 0.25) is 0 Å². The molecule has 1 atom stereocenters. The van der Waals surface area contributed by atoms with Crippen LogP contribution in [0.1, 0.15) is 206 Å². The summed E-state index contributed by atoms with van der Waals surface area (Å²) in [6, 6.07) is -0.344. The number of hydrogen-bond donors (Lipinski definition) is 3. The summed E-state index contributed by atoms with van der Waals surface area (Å²) in [5.41, 5.74) is 3.98. The summed E-state index contributed by atoms with van der Waals surface area (Å²) < 4.78 is 0. The zero-order valence-corrected chi connectivity index (χ0v) is 28.7. The Bertz CT molecular complexity index is 569. The van der Waals surface area contributed by atoms with Crippen LogP contribution in [0.15, 0.2) is 0 Å². The Balaban J connectivity index is 3.39. The van der Waals surface area contributed by atoms with Crippen LogP contribution in [-0.4, -0.2) is 30.9 Å². The van der Waals surface area contributed by atoms with Crippen LogP contribution in [0.3, 0.4) is 0 Å². The largest absolute Gasteiger partial charge is 0.356 e. The third kappa shape index (κ3) is 31.8. The highest BCUT2D eigenvalue weighted by molar-refractivity contribution is 5.81. The van der Waals surface area contributed by atoms with Crippen molar-refractivity contribution in [3.8, 4) is 0 Å². The minimum Gasteiger partial charge on any atom is -0.356 e. The maximum absolute atomic E-state index is 12.3. The predicted molar refractivity (Wildman–Crippen MR) is 183 cm³/mol. The molecule has 2 amide bonds. The lowest BCUT2D eigenvalue weighted by molar-refractivity contribution is -0.404. The van der Waals surface area contributed by atoms with E-state index >= 15 is 0 Å². The zero-order valence-electron chi connectivity index (χ0n) is 28.7. The van der Waals surface area contributed by atoms with Gasteiger partial charge in [0.2, 0.25) is 5.91 Å². The quantitative estimate of drug-likeness (QED) is 0.0648. The fourth-order valence-corrected chi connectivity index (χ4v) is 5.75. The molecular formula is C37H76N3O2+. The van der Waals surface area contributed by atoms with E-state index in [1.165, 1.54) is 167 Å². The first-order valence-corrected chi connectivity index (χ1v) is 19.0. The van der Waals surface area contributed by atoms with E-state index in [1.54, 1.807) is 0 Å². The van der Waals surface area contributed by atoms with Gasteiger partial charge in [-0.2, -0.15) is 0 Å². The fourth-order valence-electron chi connectivity index (χ4n) is 5.75. The molecule has 0 aromatic carbocycles. The maximum Gasteiger partial charge on any atom is 0.278 e. The van der Waals surface area contributed by atoms with Gasteiger partial charge in [-0.05, 0) is 12.8 Å². The normalized spacial score (nSPS) is 12.0. The van der Waals surface area contributed by atoms with E-state index in [4.69, 9.17) is 0 Å². The third-order valence-electron chi connectivity index (χ3n) is 8.77. The van der Waals surface area contributed by atoms with Gasteiger partial charge in [-0.25, -0.2) is 0 Å². The highest BCUT2D eigenvalue weighted by Crippen LogP contribution is 2.14. The molecule has 0 rings (SSSR count). The predicted octanol–water partition coefficient (Wildman–Crippen LogP) is 9.57. The molecule has 0 spiro atoms. The molecular weight excluding hydrogens is 518 g/mol. The fraction of sp³-hybridized carbons (Fsp3) is 0.946. The van der Waals surface area contributed by atoms with Crippen LogP contribution in [-0.2, 0) is 9.59 Å². The second-order valence-corrected chi connectivity index (χ2v) is 13.1. The Labute approximate surface area is 263 Å². The average molecular weight is 595 g/mol. The van der Waals surface area contributed by atoms with Crippen LogP contribution in [0.5, 0.6) is 0 Å². The van der Waals surface area contributed by atoms with Crippen molar-refractivity contribution < 1.29 is 15.3 Å². The number of carbonyl (C=O) groups is 2. The number of carbonyl (C=O) groups excluding carboxylic acids is 2. The lowest BCUT2D eigenvalue weighted by Crippen LogP contribution is -2.67. The summed E-state index contributed by atoms with van der Waals surface area (Å²) >= 11 is 0. The van der Waals surface area contributed by atoms with E-state index in [0.29, 0.717) is 12.8 Å². The average Bonchev–Trinajstić information content (AvgIpc) is 2.99. The summed E-state index contributed by atoms with van der Waals surface area (Å²) in [5.74, 6) is 0.0441. The lowest BCUT2D eigenvalue weighted by Gasteiger charge is -2.10. The SMILES string of the molecule is CCCCCCCCCCCCCCCCNC(=O)CCC([NH3+])C(=O)NCCCCCCCCCCCCCCCC. The van der Waals surface area contributed by atoms with E-state index in [2.05, 4.69) is 30.2 Å². The Hall–Kier alpha value is -1.10. The van der Waals surface area contributed by atoms with Gasteiger partial charge in [-0.1, -0.05) is 181 Å². The van der Waals surface area contributed by atoms with Crippen molar-refractivity contribution >= 4 is 11.8 Å². The Morgan fingerprint density at radius 2 is 0.738 bits per heavy atom. The second kappa shape index (κ2) is 34.4. The number of hydrogen-bond acceptors (Lipinski definition) is 2. The molecule has 0 saturated carbocycles. The standard InChI is InChI=1S/C37H75N3O2/c1-3-5-7-9-11-13-15-17-19-21-23-25-27-29-33-39-36(41)32-31-35(38)37(42)40-34-30-28-26-24-22-20-18-16-14-12-10-8-6-4-2/h35H,3-34,38H2,1-2H3,(H,39,41)(H,40,42)/p+1. The van der Waals surface area contributed by atoms with Crippen LogP contribution in [0.25, 0.3) is 0 Å². The third-order valence-corrected chi connectivity index (χ3v) is 8.77. The van der Waals surface area contributed by atoms with Gasteiger partial charge in [0.1, 0.15) is 0 Å². The number of nitrogens with one attached hydrogen (secondary N) is 2. The number of rotatable bonds is 34. The van der Waals surface area contributed by atoms with E-state index in [0.717, 1.165) is 25.9 Å². The van der Waals surface area contributed by atoms with Crippen LogP contribution in [0.4, 0.5) is 0 Å². The molecule has 0 heterocycles. The first kappa shape index (κ1) is 40.9. The molecule has 0 radical (unpaired) electrons. The molecule has 0 bridgehead atoms.